The average molecular weight is 293 g/mol. The molecular weight excluding hydrogens is 274 g/mol. The zero-order valence-electron chi connectivity index (χ0n) is 12.0. The second kappa shape index (κ2) is 5.27. The van der Waals surface area contributed by atoms with Gasteiger partial charge < -0.3 is 14.8 Å². The fraction of sp³-hybridized carbons (Fsp3) is 0.571. The molecule has 0 bridgehead atoms. The highest BCUT2D eigenvalue weighted by atomic mass is 32.1. The van der Waals surface area contributed by atoms with Crippen molar-refractivity contribution < 1.29 is 9.47 Å². The van der Waals surface area contributed by atoms with Gasteiger partial charge in [0.15, 0.2) is 0 Å². The first kappa shape index (κ1) is 13.7. The first-order valence-electron chi connectivity index (χ1n) is 6.76. The van der Waals surface area contributed by atoms with E-state index < -0.39 is 0 Å². The molecule has 108 valence electrons. The predicted octanol–water partition coefficient (Wildman–Crippen LogP) is 2.15. The number of hydrogen-bond acceptors (Lipinski definition) is 6. The lowest BCUT2D eigenvalue weighted by Crippen LogP contribution is -2.52. The van der Waals surface area contributed by atoms with Crippen LogP contribution in [0.4, 0.5) is 0 Å². The highest BCUT2D eigenvalue weighted by molar-refractivity contribution is 7.18. The Bertz CT molecular complexity index is 611. The Labute approximate surface area is 122 Å². The van der Waals surface area contributed by atoms with Crippen LogP contribution in [0.3, 0.4) is 0 Å². The summed E-state index contributed by atoms with van der Waals surface area (Å²) in [6, 6.07) is 2.07. The van der Waals surface area contributed by atoms with Gasteiger partial charge >= 0.3 is 0 Å². The number of nitrogens with zero attached hydrogens (tertiary/aromatic N) is 2. The van der Waals surface area contributed by atoms with E-state index in [4.69, 9.17) is 9.47 Å². The van der Waals surface area contributed by atoms with Crippen molar-refractivity contribution in [3.63, 3.8) is 0 Å². The standard InChI is InChI=1S/C14H19N3O2S/c1-9-4-11-12(16-8-17-13(11)20-9)18-6-10-5-15-7-14(2,3)19-10/h4,8,10,15H,5-7H2,1-3H3. The predicted molar refractivity (Wildman–Crippen MR) is 79.5 cm³/mol. The van der Waals surface area contributed by atoms with Crippen LogP contribution in [0.1, 0.15) is 18.7 Å². The minimum absolute atomic E-state index is 0.0449. The van der Waals surface area contributed by atoms with Crippen molar-refractivity contribution in [3.05, 3.63) is 17.3 Å². The third-order valence-electron chi connectivity index (χ3n) is 3.23. The normalized spacial score (nSPS) is 22.1. The number of hydrogen-bond donors (Lipinski definition) is 1. The van der Waals surface area contributed by atoms with Crippen LogP contribution in [0.5, 0.6) is 5.88 Å². The third-order valence-corrected chi connectivity index (χ3v) is 4.19. The Morgan fingerprint density at radius 3 is 3.15 bits per heavy atom. The van der Waals surface area contributed by atoms with E-state index in [1.54, 1.807) is 17.7 Å². The van der Waals surface area contributed by atoms with Crippen LogP contribution in [0.15, 0.2) is 12.4 Å². The summed E-state index contributed by atoms with van der Waals surface area (Å²) in [4.78, 5) is 10.7. The zero-order chi connectivity index (χ0) is 14.2. The average Bonchev–Trinajstić information content (AvgIpc) is 2.76. The van der Waals surface area contributed by atoms with Gasteiger partial charge in [0, 0.05) is 18.0 Å². The minimum Gasteiger partial charge on any atom is -0.474 e. The number of thiophene rings is 1. The summed E-state index contributed by atoms with van der Waals surface area (Å²) in [7, 11) is 0. The van der Waals surface area contributed by atoms with E-state index >= 15 is 0 Å². The van der Waals surface area contributed by atoms with Gasteiger partial charge in [-0.25, -0.2) is 9.97 Å². The lowest BCUT2D eigenvalue weighted by Gasteiger charge is -2.36. The summed E-state index contributed by atoms with van der Waals surface area (Å²) >= 11 is 1.65. The van der Waals surface area contributed by atoms with Gasteiger partial charge in [-0.2, -0.15) is 0 Å². The van der Waals surface area contributed by atoms with Crippen molar-refractivity contribution in [1.82, 2.24) is 15.3 Å². The van der Waals surface area contributed by atoms with Crippen molar-refractivity contribution in [2.24, 2.45) is 0 Å². The summed E-state index contributed by atoms with van der Waals surface area (Å²) in [6.07, 6.45) is 1.60. The second-order valence-electron chi connectivity index (χ2n) is 5.70. The van der Waals surface area contributed by atoms with Crippen LogP contribution >= 0.6 is 11.3 Å². The summed E-state index contributed by atoms with van der Waals surface area (Å²) in [5, 5.41) is 4.35. The van der Waals surface area contributed by atoms with Gasteiger partial charge in [0.2, 0.25) is 5.88 Å². The van der Waals surface area contributed by atoms with E-state index in [1.165, 1.54) is 4.88 Å². The minimum atomic E-state index is -0.147. The van der Waals surface area contributed by atoms with Gasteiger partial charge in [-0.3, -0.25) is 0 Å². The van der Waals surface area contributed by atoms with Crippen molar-refractivity contribution in [2.45, 2.75) is 32.5 Å². The molecule has 1 aliphatic rings. The van der Waals surface area contributed by atoms with Gasteiger partial charge in [-0.1, -0.05) is 0 Å². The van der Waals surface area contributed by atoms with Gasteiger partial charge in [-0.05, 0) is 26.8 Å². The number of ether oxygens (including phenoxy) is 2. The van der Waals surface area contributed by atoms with Gasteiger partial charge in [0.1, 0.15) is 23.9 Å². The molecule has 0 aromatic carbocycles. The lowest BCUT2D eigenvalue weighted by molar-refractivity contribution is -0.107. The number of morpholine rings is 1. The molecule has 1 fully saturated rings. The topological polar surface area (TPSA) is 56.3 Å². The Balaban J connectivity index is 1.71. The summed E-state index contributed by atoms with van der Waals surface area (Å²) in [5.74, 6) is 0.645. The highest BCUT2D eigenvalue weighted by Gasteiger charge is 2.28. The first-order chi connectivity index (χ1) is 9.53. The van der Waals surface area contributed by atoms with Gasteiger partial charge in [-0.15, -0.1) is 11.3 Å². The molecule has 1 saturated heterocycles. The third kappa shape index (κ3) is 2.92. The maximum atomic E-state index is 5.98. The fourth-order valence-corrected chi connectivity index (χ4v) is 3.24. The maximum absolute atomic E-state index is 5.98. The molecule has 0 amide bonds. The molecule has 3 rings (SSSR count). The first-order valence-corrected chi connectivity index (χ1v) is 7.58. The van der Waals surface area contributed by atoms with E-state index in [2.05, 4.69) is 42.1 Å². The molecule has 2 aromatic heterocycles. The van der Waals surface area contributed by atoms with Gasteiger partial charge in [0.05, 0.1) is 11.0 Å². The maximum Gasteiger partial charge on any atom is 0.225 e. The van der Waals surface area contributed by atoms with Crippen LogP contribution in [0.25, 0.3) is 10.2 Å². The van der Waals surface area contributed by atoms with E-state index in [0.717, 1.165) is 23.3 Å². The molecule has 6 heteroatoms. The largest absolute Gasteiger partial charge is 0.474 e. The molecule has 5 nitrogen and oxygen atoms in total. The van der Waals surface area contributed by atoms with Crippen molar-refractivity contribution in [2.75, 3.05) is 19.7 Å². The molecule has 20 heavy (non-hydrogen) atoms. The van der Waals surface area contributed by atoms with Crippen LogP contribution in [-0.2, 0) is 4.74 Å². The second-order valence-corrected chi connectivity index (χ2v) is 6.93. The Hall–Kier alpha value is -1.24. The van der Waals surface area contributed by atoms with Crippen molar-refractivity contribution in [3.8, 4) is 5.88 Å². The van der Waals surface area contributed by atoms with Gasteiger partial charge in [0.25, 0.3) is 0 Å². The van der Waals surface area contributed by atoms with Crippen LogP contribution in [0, 0.1) is 6.92 Å². The van der Waals surface area contributed by atoms with E-state index in [0.29, 0.717) is 12.5 Å². The monoisotopic (exact) mass is 293 g/mol. The summed E-state index contributed by atoms with van der Waals surface area (Å²) in [6.45, 7) is 8.39. The molecule has 0 spiro atoms. The molecule has 1 atom stereocenters. The number of rotatable bonds is 3. The fourth-order valence-electron chi connectivity index (χ4n) is 2.40. The molecule has 1 unspecified atom stereocenters. The molecule has 0 radical (unpaired) electrons. The highest BCUT2D eigenvalue weighted by Crippen LogP contribution is 2.29. The Morgan fingerprint density at radius 1 is 1.50 bits per heavy atom. The van der Waals surface area contributed by atoms with Crippen LogP contribution in [0.2, 0.25) is 0 Å². The van der Waals surface area contributed by atoms with Crippen LogP contribution < -0.4 is 10.1 Å². The van der Waals surface area contributed by atoms with E-state index in [1.807, 2.05) is 0 Å². The zero-order valence-corrected chi connectivity index (χ0v) is 12.8. The van der Waals surface area contributed by atoms with E-state index in [9.17, 15) is 0 Å². The molecule has 0 saturated carbocycles. The number of aryl methyl sites for hydroxylation is 1. The summed E-state index contributed by atoms with van der Waals surface area (Å²) < 4.78 is 11.8. The molecule has 1 N–H and O–H groups in total. The number of fused-ring (bicyclic) bond motifs is 1. The van der Waals surface area contributed by atoms with Crippen molar-refractivity contribution >= 4 is 21.6 Å². The molecule has 1 aliphatic heterocycles. The Kier molecular flexibility index (Phi) is 3.62. The molecule has 2 aromatic rings. The van der Waals surface area contributed by atoms with E-state index in [-0.39, 0.29) is 11.7 Å². The van der Waals surface area contributed by atoms with Crippen molar-refractivity contribution in [1.29, 1.82) is 0 Å². The molecular formula is C14H19N3O2S. The number of aromatic nitrogens is 2. The SMILES string of the molecule is Cc1cc2c(OCC3CNCC(C)(C)O3)ncnc2s1. The smallest absolute Gasteiger partial charge is 0.225 e. The summed E-state index contributed by atoms with van der Waals surface area (Å²) in [5.41, 5.74) is -0.147. The Morgan fingerprint density at radius 2 is 2.35 bits per heavy atom. The molecule has 3 heterocycles. The molecule has 0 aliphatic carbocycles. The lowest BCUT2D eigenvalue weighted by atomic mass is 10.1. The number of nitrogens with one attached hydrogen (secondary N) is 1. The quantitative estimate of drug-likeness (QED) is 0.939. The van der Waals surface area contributed by atoms with Crippen LogP contribution in [-0.4, -0.2) is 41.4 Å².